The lowest BCUT2D eigenvalue weighted by atomic mass is 10.2. The van der Waals surface area contributed by atoms with Gasteiger partial charge in [0, 0.05) is 6.07 Å². The van der Waals surface area contributed by atoms with E-state index >= 15 is 0 Å². The van der Waals surface area contributed by atoms with Crippen molar-refractivity contribution < 1.29 is 18.7 Å². The predicted molar refractivity (Wildman–Crippen MR) is 79.1 cm³/mol. The molecule has 1 amide bonds. The number of methoxy groups -OCH3 is 2. The third kappa shape index (κ3) is 3.29. The van der Waals surface area contributed by atoms with E-state index in [1.807, 2.05) is 0 Å². The van der Waals surface area contributed by atoms with Gasteiger partial charge in [-0.1, -0.05) is 11.6 Å². The molecule has 112 valence electrons. The average molecular weight is 311 g/mol. The average Bonchev–Trinajstić information content (AvgIpc) is 2.96. The molecule has 2 aromatic rings. The van der Waals surface area contributed by atoms with Crippen molar-refractivity contribution in [3.05, 3.63) is 40.8 Å². The summed E-state index contributed by atoms with van der Waals surface area (Å²) in [6.07, 6.45) is 0. The molecule has 0 unspecified atom stereocenters. The van der Waals surface area contributed by atoms with Gasteiger partial charge in [-0.25, -0.2) is 0 Å². The van der Waals surface area contributed by atoms with Gasteiger partial charge < -0.3 is 24.9 Å². The summed E-state index contributed by atoms with van der Waals surface area (Å²) in [4.78, 5) is 12.1. The summed E-state index contributed by atoms with van der Waals surface area (Å²) >= 11 is 6.04. The van der Waals surface area contributed by atoms with E-state index in [1.54, 1.807) is 24.3 Å². The minimum Gasteiger partial charge on any atom is -0.495 e. The van der Waals surface area contributed by atoms with E-state index in [0.717, 1.165) is 0 Å². The molecule has 0 aliphatic carbocycles. The zero-order valence-corrected chi connectivity index (χ0v) is 12.4. The van der Waals surface area contributed by atoms with Crippen LogP contribution in [0.15, 0.2) is 28.7 Å². The maximum absolute atomic E-state index is 12.1. The van der Waals surface area contributed by atoms with Crippen LogP contribution in [0.25, 0.3) is 0 Å². The number of furan rings is 1. The molecule has 0 radical (unpaired) electrons. The van der Waals surface area contributed by atoms with Crippen molar-refractivity contribution in [3.63, 3.8) is 0 Å². The van der Waals surface area contributed by atoms with E-state index in [0.29, 0.717) is 28.0 Å². The Bertz CT molecular complexity index is 654. The second kappa shape index (κ2) is 6.51. The van der Waals surface area contributed by atoms with Gasteiger partial charge in [0.1, 0.15) is 17.3 Å². The number of ether oxygens (including phenoxy) is 2. The number of carbonyl (C=O) groups is 1. The zero-order valence-electron chi connectivity index (χ0n) is 11.6. The summed E-state index contributed by atoms with van der Waals surface area (Å²) < 4.78 is 15.6. The largest absolute Gasteiger partial charge is 0.495 e. The highest BCUT2D eigenvalue weighted by Gasteiger charge is 2.16. The Kier molecular flexibility index (Phi) is 4.72. The molecule has 2 rings (SSSR count). The number of benzene rings is 1. The maximum Gasteiger partial charge on any atom is 0.291 e. The molecular formula is C14H15ClN2O4. The first-order chi connectivity index (χ1) is 10.1. The normalized spacial score (nSPS) is 10.3. The summed E-state index contributed by atoms with van der Waals surface area (Å²) in [5.41, 5.74) is 5.85. The molecule has 3 N–H and O–H groups in total. The molecule has 1 aromatic carbocycles. The Hall–Kier alpha value is -2.18. The first kappa shape index (κ1) is 15.2. The smallest absolute Gasteiger partial charge is 0.291 e. The second-order valence-electron chi connectivity index (χ2n) is 4.11. The number of amides is 1. The Labute approximate surface area is 126 Å². The first-order valence-electron chi connectivity index (χ1n) is 6.10. The number of hydrogen-bond donors (Lipinski definition) is 2. The highest BCUT2D eigenvalue weighted by Crippen LogP contribution is 2.36. The van der Waals surface area contributed by atoms with Gasteiger partial charge in [-0.3, -0.25) is 4.79 Å². The van der Waals surface area contributed by atoms with E-state index in [2.05, 4.69) is 5.32 Å². The number of rotatable bonds is 5. The van der Waals surface area contributed by atoms with Crippen LogP contribution in [0.3, 0.4) is 0 Å². The molecular weight excluding hydrogens is 296 g/mol. The standard InChI is InChI=1S/C14H15ClN2O4/c1-19-12-6-13(20-2)10(5-9(12)15)17-14(18)11-4-3-8(7-16)21-11/h3-6H,7,16H2,1-2H3,(H,17,18). The molecule has 6 nitrogen and oxygen atoms in total. The minimum atomic E-state index is -0.422. The fourth-order valence-electron chi connectivity index (χ4n) is 1.75. The van der Waals surface area contributed by atoms with Crippen LogP contribution in [0.1, 0.15) is 16.3 Å². The number of nitrogens with two attached hydrogens (primary N) is 1. The van der Waals surface area contributed by atoms with E-state index in [4.69, 9.17) is 31.2 Å². The van der Waals surface area contributed by atoms with Crippen molar-refractivity contribution in [2.24, 2.45) is 5.73 Å². The highest BCUT2D eigenvalue weighted by atomic mass is 35.5. The van der Waals surface area contributed by atoms with E-state index in [9.17, 15) is 4.79 Å². The number of halogens is 1. The monoisotopic (exact) mass is 310 g/mol. The lowest BCUT2D eigenvalue weighted by Gasteiger charge is -2.12. The molecule has 0 fully saturated rings. The lowest BCUT2D eigenvalue weighted by Crippen LogP contribution is -2.12. The second-order valence-corrected chi connectivity index (χ2v) is 4.52. The van der Waals surface area contributed by atoms with Gasteiger partial charge in [0.25, 0.3) is 5.91 Å². The zero-order chi connectivity index (χ0) is 15.4. The van der Waals surface area contributed by atoms with Crippen LogP contribution < -0.4 is 20.5 Å². The molecule has 0 saturated carbocycles. The molecule has 0 bridgehead atoms. The third-order valence-electron chi connectivity index (χ3n) is 2.81. The van der Waals surface area contributed by atoms with Gasteiger partial charge in [0.05, 0.1) is 31.5 Å². The van der Waals surface area contributed by atoms with E-state index < -0.39 is 5.91 Å². The van der Waals surface area contributed by atoms with Crippen LogP contribution in [0.4, 0.5) is 5.69 Å². The molecule has 1 heterocycles. The van der Waals surface area contributed by atoms with Crippen LogP contribution in [0, 0.1) is 0 Å². The fraction of sp³-hybridized carbons (Fsp3) is 0.214. The summed E-state index contributed by atoms with van der Waals surface area (Å²) in [7, 11) is 2.98. The van der Waals surface area contributed by atoms with Crippen LogP contribution in [-0.4, -0.2) is 20.1 Å². The third-order valence-corrected chi connectivity index (χ3v) is 3.10. The minimum absolute atomic E-state index is 0.157. The predicted octanol–water partition coefficient (Wildman–Crippen LogP) is 2.66. The van der Waals surface area contributed by atoms with Crippen LogP contribution in [0.2, 0.25) is 5.02 Å². The SMILES string of the molecule is COc1cc(OC)c(NC(=O)c2ccc(CN)o2)cc1Cl. The van der Waals surface area contributed by atoms with Crippen LogP contribution >= 0.6 is 11.6 Å². The summed E-state index contributed by atoms with van der Waals surface area (Å²) in [5, 5.41) is 3.03. The van der Waals surface area contributed by atoms with Crippen molar-refractivity contribution in [3.8, 4) is 11.5 Å². The van der Waals surface area contributed by atoms with Gasteiger partial charge >= 0.3 is 0 Å². The van der Waals surface area contributed by atoms with E-state index in [1.165, 1.54) is 14.2 Å². The molecule has 0 saturated heterocycles. The topological polar surface area (TPSA) is 86.7 Å². The van der Waals surface area contributed by atoms with Gasteiger partial charge in [0.15, 0.2) is 5.76 Å². The Morgan fingerprint density at radius 3 is 2.57 bits per heavy atom. The highest BCUT2D eigenvalue weighted by molar-refractivity contribution is 6.32. The van der Waals surface area contributed by atoms with Crippen molar-refractivity contribution in [1.29, 1.82) is 0 Å². The molecule has 0 aliphatic heterocycles. The Balaban J connectivity index is 2.26. The number of anilines is 1. The Morgan fingerprint density at radius 2 is 2.00 bits per heavy atom. The van der Waals surface area contributed by atoms with Gasteiger partial charge in [-0.2, -0.15) is 0 Å². The van der Waals surface area contributed by atoms with Crippen molar-refractivity contribution >= 4 is 23.2 Å². The van der Waals surface area contributed by atoms with Crippen molar-refractivity contribution in [2.75, 3.05) is 19.5 Å². The van der Waals surface area contributed by atoms with Crippen LogP contribution in [-0.2, 0) is 6.54 Å². The van der Waals surface area contributed by atoms with Gasteiger partial charge in [0.2, 0.25) is 0 Å². The van der Waals surface area contributed by atoms with E-state index in [-0.39, 0.29) is 12.3 Å². The summed E-state index contributed by atoms with van der Waals surface area (Å²) in [5.74, 6) is 1.14. The van der Waals surface area contributed by atoms with Crippen molar-refractivity contribution in [2.45, 2.75) is 6.54 Å². The number of hydrogen-bond acceptors (Lipinski definition) is 5. The van der Waals surface area contributed by atoms with Crippen molar-refractivity contribution in [1.82, 2.24) is 0 Å². The van der Waals surface area contributed by atoms with Crippen LogP contribution in [0.5, 0.6) is 11.5 Å². The summed E-state index contributed by atoms with van der Waals surface area (Å²) in [6.45, 7) is 0.227. The maximum atomic E-state index is 12.1. The quantitative estimate of drug-likeness (QED) is 0.886. The first-order valence-corrected chi connectivity index (χ1v) is 6.48. The Morgan fingerprint density at radius 1 is 1.29 bits per heavy atom. The lowest BCUT2D eigenvalue weighted by molar-refractivity contribution is 0.0994. The molecule has 1 aromatic heterocycles. The molecule has 21 heavy (non-hydrogen) atoms. The van der Waals surface area contributed by atoms with Gasteiger partial charge in [-0.05, 0) is 18.2 Å². The number of nitrogens with one attached hydrogen (secondary N) is 1. The molecule has 0 atom stereocenters. The molecule has 0 aliphatic rings. The summed E-state index contributed by atoms with van der Waals surface area (Å²) in [6, 6.07) is 6.33. The molecule has 7 heteroatoms. The fourth-order valence-corrected chi connectivity index (χ4v) is 1.99. The van der Waals surface area contributed by atoms with Gasteiger partial charge in [-0.15, -0.1) is 0 Å². The molecule has 0 spiro atoms. The number of carbonyl (C=O) groups excluding carboxylic acids is 1.